The van der Waals surface area contributed by atoms with Gasteiger partial charge in [-0.15, -0.1) is 13.2 Å². The number of hydrogen-bond donors (Lipinski definition) is 0. The SMILES string of the molecule is CC.CC(C)n1ccnc1COc1noc2ccc(C3=CC=C(OC(F)(F)F)C=CC3)cc12. The molecule has 0 bridgehead atoms. The van der Waals surface area contributed by atoms with Crippen LogP contribution in [0.1, 0.15) is 51.5 Å². The summed E-state index contributed by atoms with van der Waals surface area (Å²) in [5.41, 5.74) is 2.19. The number of benzene rings is 1. The highest BCUT2D eigenvalue weighted by Gasteiger charge is 2.31. The van der Waals surface area contributed by atoms with Gasteiger partial charge < -0.3 is 18.6 Å². The third kappa shape index (κ3) is 6.06. The molecular weight excluding hydrogens is 435 g/mol. The zero-order valence-electron chi connectivity index (χ0n) is 18.9. The van der Waals surface area contributed by atoms with Crippen LogP contribution in [0.5, 0.6) is 5.88 Å². The molecule has 6 nitrogen and oxygen atoms in total. The molecule has 1 aliphatic rings. The molecule has 176 valence electrons. The lowest BCUT2D eigenvalue weighted by Crippen LogP contribution is -2.11. The molecule has 4 rings (SSSR count). The molecule has 33 heavy (non-hydrogen) atoms. The van der Waals surface area contributed by atoms with E-state index in [9.17, 15) is 13.2 Å². The second-order valence-electron chi connectivity index (χ2n) is 7.25. The fraction of sp³-hybridized carbons (Fsp3) is 0.333. The number of nitrogens with zero attached hydrogens (tertiary/aromatic N) is 3. The molecule has 1 aliphatic carbocycles. The summed E-state index contributed by atoms with van der Waals surface area (Å²) in [6.07, 6.45) is 5.15. The molecule has 0 atom stereocenters. The van der Waals surface area contributed by atoms with E-state index in [1.807, 2.05) is 36.7 Å². The maximum absolute atomic E-state index is 12.5. The van der Waals surface area contributed by atoms with Crippen molar-refractivity contribution < 1.29 is 27.2 Å². The van der Waals surface area contributed by atoms with Crippen LogP contribution >= 0.6 is 0 Å². The number of ether oxygens (including phenoxy) is 2. The lowest BCUT2D eigenvalue weighted by Gasteiger charge is -2.11. The molecule has 9 heteroatoms. The number of alkyl halides is 3. The van der Waals surface area contributed by atoms with E-state index in [0.717, 1.165) is 17.0 Å². The van der Waals surface area contributed by atoms with Crippen molar-refractivity contribution in [3.8, 4) is 5.88 Å². The Balaban J connectivity index is 0.00000149. The van der Waals surface area contributed by atoms with E-state index >= 15 is 0 Å². The van der Waals surface area contributed by atoms with Gasteiger partial charge in [-0.25, -0.2) is 4.98 Å². The van der Waals surface area contributed by atoms with Gasteiger partial charge in [0.1, 0.15) is 18.2 Å². The van der Waals surface area contributed by atoms with Crippen LogP contribution in [0.3, 0.4) is 0 Å². The fourth-order valence-electron chi connectivity index (χ4n) is 3.30. The van der Waals surface area contributed by atoms with Crippen LogP contribution in [0.25, 0.3) is 16.5 Å². The minimum Gasteiger partial charge on any atom is -0.467 e. The van der Waals surface area contributed by atoms with Crippen LogP contribution in [-0.4, -0.2) is 21.1 Å². The Hall–Kier alpha value is -3.49. The van der Waals surface area contributed by atoms with Crippen LogP contribution in [0.15, 0.2) is 65.2 Å². The van der Waals surface area contributed by atoms with Crippen molar-refractivity contribution in [2.45, 2.75) is 53.1 Å². The molecule has 1 aromatic carbocycles. The van der Waals surface area contributed by atoms with Crippen molar-refractivity contribution >= 4 is 16.5 Å². The Kier molecular flexibility index (Phi) is 7.63. The van der Waals surface area contributed by atoms with Crippen LogP contribution in [0.2, 0.25) is 0 Å². The summed E-state index contributed by atoms with van der Waals surface area (Å²) in [4.78, 5) is 4.32. The number of hydrogen-bond acceptors (Lipinski definition) is 5. The van der Waals surface area contributed by atoms with Gasteiger partial charge in [0.2, 0.25) is 0 Å². The maximum atomic E-state index is 12.5. The van der Waals surface area contributed by atoms with Crippen molar-refractivity contribution in [2.24, 2.45) is 0 Å². The summed E-state index contributed by atoms with van der Waals surface area (Å²) < 4.78 is 54.6. The average molecular weight is 461 g/mol. The second kappa shape index (κ2) is 10.4. The predicted octanol–water partition coefficient (Wildman–Crippen LogP) is 6.97. The molecule has 2 heterocycles. The molecule has 0 aliphatic heterocycles. The summed E-state index contributed by atoms with van der Waals surface area (Å²) in [6, 6.07) is 5.67. The van der Waals surface area contributed by atoms with Crippen LogP contribution in [0.4, 0.5) is 13.2 Å². The van der Waals surface area contributed by atoms with E-state index in [2.05, 4.69) is 28.7 Å². The van der Waals surface area contributed by atoms with Crippen molar-refractivity contribution in [3.63, 3.8) is 0 Å². The summed E-state index contributed by atoms with van der Waals surface area (Å²) in [5, 5.41) is 4.67. The van der Waals surface area contributed by atoms with E-state index in [4.69, 9.17) is 9.26 Å². The monoisotopic (exact) mass is 461 g/mol. The number of halogens is 3. The molecule has 0 saturated carbocycles. The predicted molar refractivity (Wildman–Crippen MR) is 119 cm³/mol. The molecule has 0 unspecified atom stereocenters. The summed E-state index contributed by atoms with van der Waals surface area (Å²) in [7, 11) is 0. The lowest BCUT2D eigenvalue weighted by atomic mass is 10.0. The lowest BCUT2D eigenvalue weighted by molar-refractivity contribution is -0.303. The Morgan fingerprint density at radius 1 is 1.18 bits per heavy atom. The zero-order valence-corrected chi connectivity index (χ0v) is 18.9. The minimum atomic E-state index is -4.73. The van der Waals surface area contributed by atoms with E-state index in [0.29, 0.717) is 23.3 Å². The summed E-state index contributed by atoms with van der Waals surface area (Å²) >= 11 is 0. The van der Waals surface area contributed by atoms with Gasteiger partial charge in [-0.05, 0) is 60.8 Å². The molecule has 0 fully saturated rings. The highest BCUT2D eigenvalue weighted by atomic mass is 19.4. The summed E-state index contributed by atoms with van der Waals surface area (Å²) in [5.74, 6) is 0.830. The van der Waals surface area contributed by atoms with E-state index in [1.54, 1.807) is 24.4 Å². The third-order valence-electron chi connectivity index (χ3n) is 4.75. The van der Waals surface area contributed by atoms with E-state index in [1.165, 1.54) is 12.2 Å². The summed E-state index contributed by atoms with van der Waals surface area (Å²) in [6.45, 7) is 8.33. The Morgan fingerprint density at radius 2 is 1.97 bits per heavy atom. The molecule has 0 N–H and O–H groups in total. The standard InChI is InChI=1S/C22H20F3N3O3.C2H6/c1-14(2)28-11-10-26-20(28)13-29-21-18-12-16(7-9-19(18)31-27-21)15-4-3-5-17(8-6-15)30-22(23,24)25;1-2/h3,5-12,14H,4,13H2,1-2H3;1-2H3. The highest BCUT2D eigenvalue weighted by molar-refractivity contribution is 5.86. The topological polar surface area (TPSA) is 62.3 Å². The Labute approximate surface area is 190 Å². The van der Waals surface area contributed by atoms with Crippen LogP contribution in [-0.2, 0) is 11.3 Å². The average Bonchev–Trinajstić information content (AvgIpc) is 3.35. The number of imidazole rings is 1. The van der Waals surface area contributed by atoms with E-state index < -0.39 is 6.36 Å². The number of aromatic nitrogens is 3. The zero-order chi connectivity index (χ0) is 24.0. The van der Waals surface area contributed by atoms with Gasteiger partial charge in [-0.2, -0.15) is 0 Å². The number of fused-ring (bicyclic) bond motifs is 1. The van der Waals surface area contributed by atoms with E-state index in [-0.39, 0.29) is 18.4 Å². The van der Waals surface area contributed by atoms with Crippen LogP contribution in [0, 0.1) is 0 Å². The van der Waals surface area contributed by atoms with Crippen LogP contribution < -0.4 is 4.74 Å². The van der Waals surface area contributed by atoms with Gasteiger partial charge in [0, 0.05) is 18.4 Å². The quantitative estimate of drug-likeness (QED) is 0.397. The van der Waals surface area contributed by atoms with Crippen molar-refractivity contribution in [1.29, 1.82) is 0 Å². The van der Waals surface area contributed by atoms with Gasteiger partial charge in [0.05, 0.1) is 5.39 Å². The highest BCUT2D eigenvalue weighted by Crippen LogP contribution is 2.31. The first-order valence-corrected chi connectivity index (χ1v) is 10.7. The van der Waals surface area contributed by atoms with Crippen molar-refractivity contribution in [2.75, 3.05) is 0 Å². The molecule has 3 aromatic rings. The third-order valence-corrected chi connectivity index (χ3v) is 4.75. The van der Waals surface area contributed by atoms with Gasteiger partial charge >= 0.3 is 6.36 Å². The molecule has 0 amide bonds. The van der Waals surface area contributed by atoms with Crippen molar-refractivity contribution in [1.82, 2.24) is 14.7 Å². The normalized spacial score (nSPS) is 13.8. The first-order valence-electron chi connectivity index (χ1n) is 10.7. The maximum Gasteiger partial charge on any atom is 0.573 e. The second-order valence-corrected chi connectivity index (χ2v) is 7.25. The number of allylic oxidation sites excluding steroid dienone is 5. The Morgan fingerprint density at radius 3 is 2.70 bits per heavy atom. The molecular formula is C24H26F3N3O3. The van der Waals surface area contributed by atoms with Gasteiger partial charge in [-0.3, -0.25) is 0 Å². The molecule has 0 saturated heterocycles. The fourth-order valence-corrected chi connectivity index (χ4v) is 3.30. The molecule has 2 aromatic heterocycles. The molecule has 0 radical (unpaired) electrons. The largest absolute Gasteiger partial charge is 0.573 e. The van der Waals surface area contributed by atoms with Gasteiger partial charge in [0.15, 0.2) is 5.58 Å². The Bertz CT molecular complexity index is 1170. The smallest absolute Gasteiger partial charge is 0.467 e. The first kappa shape index (κ1) is 24.2. The first-order chi connectivity index (χ1) is 15.8. The molecule has 0 spiro atoms. The number of rotatable bonds is 6. The van der Waals surface area contributed by atoms with Gasteiger partial charge in [0.25, 0.3) is 5.88 Å². The van der Waals surface area contributed by atoms with Crippen molar-refractivity contribution in [3.05, 3.63) is 72.0 Å². The van der Waals surface area contributed by atoms with Gasteiger partial charge in [-0.1, -0.05) is 32.1 Å². The minimum absolute atomic E-state index is 0.226.